The largest absolute Gasteiger partial charge is 0.391 e. The lowest BCUT2D eigenvalue weighted by Gasteiger charge is -2.32. The highest BCUT2D eigenvalue weighted by Crippen LogP contribution is 2.37. The average Bonchev–Trinajstić information content (AvgIpc) is 2.47. The first kappa shape index (κ1) is 17.4. The molecular weight excluding hydrogens is 297 g/mol. The highest BCUT2D eigenvalue weighted by molar-refractivity contribution is 5.74. The third-order valence-corrected chi connectivity index (χ3v) is 4.80. The molecule has 2 fully saturated rings. The number of amides is 2. The molecular formula is C15H25F3N2O2. The molecule has 0 spiro atoms. The van der Waals surface area contributed by atoms with Gasteiger partial charge < -0.3 is 15.4 Å². The van der Waals surface area contributed by atoms with Crippen LogP contribution >= 0.6 is 0 Å². The molecule has 128 valence electrons. The van der Waals surface area contributed by atoms with E-state index in [2.05, 4.69) is 10.6 Å². The van der Waals surface area contributed by atoms with Crippen molar-refractivity contribution in [3.05, 3.63) is 0 Å². The Balaban J connectivity index is 1.76. The monoisotopic (exact) mass is 322 g/mol. The van der Waals surface area contributed by atoms with Crippen molar-refractivity contribution in [1.29, 1.82) is 0 Å². The van der Waals surface area contributed by atoms with Crippen LogP contribution in [-0.4, -0.2) is 37.5 Å². The van der Waals surface area contributed by atoms with Crippen LogP contribution in [0.5, 0.6) is 0 Å². The average molecular weight is 322 g/mol. The molecule has 0 aromatic rings. The predicted molar refractivity (Wildman–Crippen MR) is 76.5 cm³/mol. The van der Waals surface area contributed by atoms with E-state index in [-0.39, 0.29) is 31.0 Å². The van der Waals surface area contributed by atoms with Gasteiger partial charge >= 0.3 is 12.2 Å². The summed E-state index contributed by atoms with van der Waals surface area (Å²) in [4.78, 5) is 12.0. The summed E-state index contributed by atoms with van der Waals surface area (Å²) in [6, 6.07) is -0.736. The van der Waals surface area contributed by atoms with Gasteiger partial charge in [-0.05, 0) is 44.9 Å². The van der Waals surface area contributed by atoms with E-state index in [1.165, 1.54) is 0 Å². The number of rotatable bonds is 3. The molecule has 22 heavy (non-hydrogen) atoms. The number of carbonyl (C=O) groups is 1. The molecule has 4 nitrogen and oxygen atoms in total. The van der Waals surface area contributed by atoms with Gasteiger partial charge in [-0.25, -0.2) is 4.79 Å². The summed E-state index contributed by atoms with van der Waals surface area (Å²) in [5.74, 6) is -0.923. The summed E-state index contributed by atoms with van der Waals surface area (Å²) in [6.07, 6.45) is -1.07. The van der Waals surface area contributed by atoms with Gasteiger partial charge in [0.15, 0.2) is 0 Å². The van der Waals surface area contributed by atoms with Crippen molar-refractivity contribution in [2.75, 3.05) is 13.2 Å². The summed E-state index contributed by atoms with van der Waals surface area (Å²) in [5, 5.41) is 5.57. The van der Waals surface area contributed by atoms with E-state index in [1.807, 2.05) is 6.92 Å². The van der Waals surface area contributed by atoms with Gasteiger partial charge in [-0.1, -0.05) is 6.42 Å². The van der Waals surface area contributed by atoms with E-state index in [1.54, 1.807) is 0 Å². The predicted octanol–water partition coefficient (Wildman–Crippen LogP) is 3.22. The van der Waals surface area contributed by atoms with E-state index in [4.69, 9.17) is 4.74 Å². The molecule has 1 heterocycles. The molecule has 2 aliphatic rings. The fourth-order valence-corrected chi connectivity index (χ4v) is 3.39. The SMILES string of the molecule is C[C@H](NC(=O)N[C@H]1CCC[C@@H](C(F)(F)F)C1)C1CCOCC1. The van der Waals surface area contributed by atoms with Crippen molar-refractivity contribution in [1.82, 2.24) is 10.6 Å². The van der Waals surface area contributed by atoms with Crippen LogP contribution in [0.4, 0.5) is 18.0 Å². The zero-order valence-corrected chi connectivity index (χ0v) is 12.9. The number of nitrogens with one attached hydrogen (secondary N) is 2. The van der Waals surface area contributed by atoms with Gasteiger partial charge in [-0.3, -0.25) is 0 Å². The Morgan fingerprint density at radius 3 is 2.50 bits per heavy atom. The van der Waals surface area contributed by atoms with Crippen molar-refractivity contribution in [3.63, 3.8) is 0 Å². The van der Waals surface area contributed by atoms with E-state index in [0.29, 0.717) is 32.0 Å². The minimum absolute atomic E-state index is 0.00547. The maximum Gasteiger partial charge on any atom is 0.391 e. The highest BCUT2D eigenvalue weighted by atomic mass is 19.4. The zero-order chi connectivity index (χ0) is 16.2. The normalized spacial score (nSPS) is 28.9. The van der Waals surface area contributed by atoms with Gasteiger partial charge in [0, 0.05) is 25.3 Å². The fraction of sp³-hybridized carbons (Fsp3) is 0.933. The van der Waals surface area contributed by atoms with Gasteiger partial charge in [0.05, 0.1) is 5.92 Å². The number of urea groups is 1. The molecule has 0 unspecified atom stereocenters. The van der Waals surface area contributed by atoms with E-state index >= 15 is 0 Å². The number of carbonyl (C=O) groups excluding carboxylic acids is 1. The Kier molecular flexibility index (Phi) is 5.94. The van der Waals surface area contributed by atoms with E-state index in [9.17, 15) is 18.0 Å². The fourth-order valence-electron chi connectivity index (χ4n) is 3.39. The minimum Gasteiger partial charge on any atom is -0.381 e. The van der Waals surface area contributed by atoms with Gasteiger partial charge in [0.2, 0.25) is 0 Å². The van der Waals surface area contributed by atoms with Crippen molar-refractivity contribution >= 4 is 6.03 Å². The summed E-state index contributed by atoms with van der Waals surface area (Å²) < 4.78 is 43.6. The smallest absolute Gasteiger partial charge is 0.381 e. The molecule has 1 aliphatic carbocycles. The number of alkyl halides is 3. The molecule has 0 aromatic carbocycles. The first-order chi connectivity index (χ1) is 10.4. The number of halogens is 3. The third kappa shape index (κ3) is 5.04. The highest BCUT2D eigenvalue weighted by Gasteiger charge is 2.42. The summed E-state index contributed by atoms with van der Waals surface area (Å²) in [6.45, 7) is 3.34. The van der Waals surface area contributed by atoms with Gasteiger partial charge in [0.25, 0.3) is 0 Å². The lowest BCUT2D eigenvalue weighted by molar-refractivity contribution is -0.183. The Bertz CT molecular complexity index is 370. The van der Waals surface area contributed by atoms with Crippen LogP contribution in [0, 0.1) is 11.8 Å². The molecule has 3 atom stereocenters. The van der Waals surface area contributed by atoms with Crippen LogP contribution in [-0.2, 0) is 4.74 Å². The second-order valence-electron chi connectivity index (χ2n) is 6.46. The summed E-state index contributed by atoms with van der Waals surface area (Å²) >= 11 is 0. The van der Waals surface area contributed by atoms with E-state index in [0.717, 1.165) is 12.8 Å². The molecule has 1 aliphatic heterocycles. The van der Waals surface area contributed by atoms with Crippen LogP contribution in [0.1, 0.15) is 45.4 Å². The number of hydrogen-bond donors (Lipinski definition) is 2. The molecule has 1 saturated carbocycles. The van der Waals surface area contributed by atoms with E-state index < -0.39 is 12.1 Å². The summed E-state index contributed by atoms with van der Waals surface area (Å²) in [5.41, 5.74) is 0. The standard InChI is InChI=1S/C15H25F3N2O2/c1-10(11-5-7-22-8-6-11)19-14(21)20-13-4-2-3-12(9-13)15(16,17)18/h10-13H,2-9H2,1H3,(H2,19,20,21)/t10-,12+,13-/m0/s1. The molecule has 0 radical (unpaired) electrons. The molecule has 0 aromatic heterocycles. The number of ether oxygens (including phenoxy) is 1. The Labute approximate surface area is 129 Å². The first-order valence-corrected chi connectivity index (χ1v) is 8.07. The molecule has 2 rings (SSSR count). The Hall–Kier alpha value is -0.980. The van der Waals surface area contributed by atoms with Crippen LogP contribution in [0.15, 0.2) is 0 Å². The minimum atomic E-state index is -4.16. The Morgan fingerprint density at radius 2 is 1.86 bits per heavy atom. The van der Waals surface area contributed by atoms with Crippen LogP contribution < -0.4 is 10.6 Å². The number of hydrogen-bond acceptors (Lipinski definition) is 2. The first-order valence-electron chi connectivity index (χ1n) is 8.07. The molecule has 2 amide bonds. The lowest BCUT2D eigenvalue weighted by atomic mass is 9.85. The quantitative estimate of drug-likeness (QED) is 0.838. The topological polar surface area (TPSA) is 50.4 Å². The van der Waals surface area contributed by atoms with Crippen molar-refractivity contribution < 1.29 is 22.7 Å². The van der Waals surface area contributed by atoms with Crippen molar-refractivity contribution in [2.45, 2.75) is 63.7 Å². The zero-order valence-electron chi connectivity index (χ0n) is 12.9. The second kappa shape index (κ2) is 7.53. The molecule has 0 bridgehead atoms. The maximum absolute atomic E-state index is 12.8. The third-order valence-electron chi connectivity index (χ3n) is 4.80. The second-order valence-corrected chi connectivity index (χ2v) is 6.46. The van der Waals surface area contributed by atoms with Crippen molar-refractivity contribution in [2.24, 2.45) is 11.8 Å². The van der Waals surface area contributed by atoms with Crippen LogP contribution in [0.2, 0.25) is 0 Å². The lowest BCUT2D eigenvalue weighted by Crippen LogP contribution is -2.50. The van der Waals surface area contributed by atoms with Crippen LogP contribution in [0.25, 0.3) is 0 Å². The van der Waals surface area contributed by atoms with Crippen LogP contribution in [0.3, 0.4) is 0 Å². The molecule has 1 saturated heterocycles. The summed E-state index contributed by atoms with van der Waals surface area (Å²) in [7, 11) is 0. The van der Waals surface area contributed by atoms with Gasteiger partial charge in [0.1, 0.15) is 0 Å². The van der Waals surface area contributed by atoms with Gasteiger partial charge in [-0.2, -0.15) is 13.2 Å². The molecule has 2 N–H and O–H groups in total. The van der Waals surface area contributed by atoms with Gasteiger partial charge in [-0.15, -0.1) is 0 Å². The Morgan fingerprint density at radius 1 is 1.18 bits per heavy atom. The van der Waals surface area contributed by atoms with Crippen molar-refractivity contribution in [3.8, 4) is 0 Å². The maximum atomic E-state index is 12.8. The molecule has 7 heteroatoms.